The predicted molar refractivity (Wildman–Crippen MR) is 119 cm³/mol. The largest absolute Gasteiger partial charge is 0.465 e. The molecule has 30 heavy (non-hydrogen) atoms. The third-order valence-electron chi connectivity index (χ3n) is 6.49. The van der Waals surface area contributed by atoms with Crippen molar-refractivity contribution in [2.24, 2.45) is 0 Å². The first-order valence-electron chi connectivity index (χ1n) is 10.7. The summed E-state index contributed by atoms with van der Waals surface area (Å²) in [6.45, 7) is 12.7. The fraction of sp³-hybridized carbons (Fsp3) is 0.591. The Morgan fingerprint density at radius 2 is 1.97 bits per heavy atom. The number of carbonyl (C=O) groups is 1. The molecule has 0 aliphatic carbocycles. The lowest BCUT2D eigenvalue weighted by Gasteiger charge is -2.44. The van der Waals surface area contributed by atoms with Crippen LogP contribution >= 0.6 is 0 Å². The van der Waals surface area contributed by atoms with Crippen molar-refractivity contribution in [1.82, 2.24) is 19.9 Å². The quantitative estimate of drug-likeness (QED) is 0.688. The van der Waals surface area contributed by atoms with E-state index >= 15 is 0 Å². The SMILES string of the molecule is CC(C)(C)[Si](C)(C)OC1CN(C(=O)O)CCC1c1cn(CCc2ccccc2)nn1. The Labute approximate surface area is 180 Å². The van der Waals surface area contributed by atoms with Crippen molar-refractivity contribution in [3.8, 4) is 0 Å². The average Bonchev–Trinajstić information content (AvgIpc) is 3.14. The molecule has 1 fully saturated rings. The molecule has 1 aromatic carbocycles. The molecule has 0 bridgehead atoms. The van der Waals surface area contributed by atoms with E-state index in [1.807, 2.05) is 29.1 Å². The van der Waals surface area contributed by atoms with E-state index in [2.05, 4.69) is 56.3 Å². The highest BCUT2D eigenvalue weighted by Crippen LogP contribution is 2.40. The van der Waals surface area contributed by atoms with E-state index in [9.17, 15) is 9.90 Å². The van der Waals surface area contributed by atoms with Gasteiger partial charge < -0.3 is 14.4 Å². The molecule has 0 saturated carbocycles. The summed E-state index contributed by atoms with van der Waals surface area (Å²) < 4.78 is 8.57. The maximum Gasteiger partial charge on any atom is 0.407 e. The second-order valence-electron chi connectivity index (χ2n) is 9.68. The van der Waals surface area contributed by atoms with Crippen LogP contribution in [0.5, 0.6) is 0 Å². The van der Waals surface area contributed by atoms with Gasteiger partial charge in [-0.1, -0.05) is 56.3 Å². The van der Waals surface area contributed by atoms with Crippen molar-refractivity contribution in [3.63, 3.8) is 0 Å². The maximum absolute atomic E-state index is 11.6. The summed E-state index contributed by atoms with van der Waals surface area (Å²) in [5.41, 5.74) is 2.17. The highest BCUT2D eigenvalue weighted by Gasteiger charge is 2.43. The molecule has 1 amide bonds. The fourth-order valence-electron chi connectivity index (χ4n) is 3.58. The first-order chi connectivity index (χ1) is 14.1. The second-order valence-corrected chi connectivity index (χ2v) is 14.4. The summed E-state index contributed by atoms with van der Waals surface area (Å²) in [6, 6.07) is 10.3. The van der Waals surface area contributed by atoms with E-state index in [-0.39, 0.29) is 17.1 Å². The zero-order valence-electron chi connectivity index (χ0n) is 18.7. The van der Waals surface area contributed by atoms with Gasteiger partial charge in [0.15, 0.2) is 8.32 Å². The number of hydrogen-bond donors (Lipinski definition) is 1. The van der Waals surface area contributed by atoms with Crippen LogP contribution in [-0.4, -0.2) is 58.6 Å². The Hall–Kier alpha value is -2.19. The monoisotopic (exact) mass is 430 g/mol. The van der Waals surface area contributed by atoms with Gasteiger partial charge in [0.05, 0.1) is 11.8 Å². The van der Waals surface area contributed by atoms with Crippen LogP contribution in [0.1, 0.15) is 44.4 Å². The number of amides is 1. The van der Waals surface area contributed by atoms with Crippen molar-refractivity contribution in [2.75, 3.05) is 13.1 Å². The van der Waals surface area contributed by atoms with Gasteiger partial charge in [-0.2, -0.15) is 0 Å². The minimum absolute atomic E-state index is 0.0519. The second kappa shape index (κ2) is 8.89. The van der Waals surface area contributed by atoms with Crippen molar-refractivity contribution < 1.29 is 14.3 Å². The van der Waals surface area contributed by atoms with Gasteiger partial charge in [-0.25, -0.2) is 4.79 Å². The predicted octanol–water partition coefficient (Wildman–Crippen LogP) is 4.38. The number of rotatable bonds is 6. The van der Waals surface area contributed by atoms with E-state index in [1.54, 1.807) is 0 Å². The molecule has 1 aliphatic heterocycles. The summed E-state index contributed by atoms with van der Waals surface area (Å²) in [4.78, 5) is 13.0. The first-order valence-corrected chi connectivity index (χ1v) is 13.6. The Kier molecular flexibility index (Phi) is 6.67. The summed E-state index contributed by atoms with van der Waals surface area (Å²) in [5.74, 6) is 0.0557. The normalized spacial score (nSPS) is 20.4. The van der Waals surface area contributed by atoms with Crippen LogP contribution in [0.2, 0.25) is 18.1 Å². The fourth-order valence-corrected chi connectivity index (χ4v) is 4.93. The average molecular weight is 431 g/mol. The smallest absolute Gasteiger partial charge is 0.407 e. The lowest BCUT2D eigenvalue weighted by molar-refractivity contribution is 0.0557. The highest BCUT2D eigenvalue weighted by atomic mass is 28.4. The Balaban J connectivity index is 1.75. The molecule has 2 unspecified atom stereocenters. The lowest BCUT2D eigenvalue weighted by atomic mass is 9.91. The molecule has 2 atom stereocenters. The molecule has 0 spiro atoms. The van der Waals surface area contributed by atoms with Crippen LogP contribution in [-0.2, 0) is 17.4 Å². The molecular weight excluding hydrogens is 396 g/mol. The standard InChI is InChI=1S/C22H34N4O3Si/c1-22(2,3)30(4,5)29-20-16-25(21(27)28)13-12-18(20)19-15-26(24-23-19)14-11-17-9-7-6-8-10-17/h6-10,15,18,20H,11-14,16H2,1-5H3,(H,27,28). The zero-order valence-corrected chi connectivity index (χ0v) is 19.7. The number of aryl methyl sites for hydroxylation is 2. The molecule has 7 nitrogen and oxygen atoms in total. The summed E-state index contributed by atoms with van der Waals surface area (Å²) >= 11 is 0. The van der Waals surface area contributed by atoms with Crippen LogP contribution in [0, 0.1) is 0 Å². The third-order valence-corrected chi connectivity index (χ3v) is 11.0. The molecule has 3 rings (SSSR count). The number of nitrogens with zero attached hydrogens (tertiary/aromatic N) is 4. The summed E-state index contributed by atoms with van der Waals surface area (Å²) in [7, 11) is -2.06. The van der Waals surface area contributed by atoms with Gasteiger partial charge in [0.25, 0.3) is 0 Å². The number of likely N-dealkylation sites (tertiary alicyclic amines) is 1. The molecule has 1 aromatic heterocycles. The molecule has 1 aliphatic rings. The molecule has 8 heteroatoms. The van der Waals surface area contributed by atoms with Crippen molar-refractivity contribution in [3.05, 3.63) is 47.8 Å². The maximum atomic E-state index is 11.6. The van der Waals surface area contributed by atoms with E-state index < -0.39 is 14.4 Å². The van der Waals surface area contributed by atoms with Crippen LogP contribution in [0.15, 0.2) is 36.5 Å². The minimum atomic E-state index is -2.06. The van der Waals surface area contributed by atoms with E-state index in [4.69, 9.17) is 4.43 Å². The van der Waals surface area contributed by atoms with Crippen molar-refractivity contribution in [1.29, 1.82) is 0 Å². The molecule has 0 radical (unpaired) electrons. The summed E-state index contributed by atoms with van der Waals surface area (Å²) in [5, 5.41) is 18.3. The Morgan fingerprint density at radius 1 is 1.27 bits per heavy atom. The van der Waals surface area contributed by atoms with Crippen LogP contribution in [0.3, 0.4) is 0 Å². The number of aromatic nitrogens is 3. The highest BCUT2D eigenvalue weighted by molar-refractivity contribution is 6.74. The molecular formula is C22H34N4O3Si. The zero-order chi connectivity index (χ0) is 21.9. The summed E-state index contributed by atoms with van der Waals surface area (Å²) in [6.07, 6.45) is 2.51. The molecule has 1 saturated heterocycles. The van der Waals surface area contributed by atoms with Crippen LogP contribution in [0.25, 0.3) is 0 Å². The molecule has 2 aromatic rings. The van der Waals surface area contributed by atoms with Gasteiger partial charge in [-0.05, 0) is 36.5 Å². The van der Waals surface area contributed by atoms with E-state index in [1.165, 1.54) is 10.5 Å². The van der Waals surface area contributed by atoms with E-state index in [0.717, 1.165) is 18.7 Å². The van der Waals surface area contributed by atoms with Gasteiger partial charge in [-0.15, -0.1) is 5.10 Å². The minimum Gasteiger partial charge on any atom is -0.465 e. The van der Waals surface area contributed by atoms with Gasteiger partial charge in [0.1, 0.15) is 0 Å². The first kappa shape index (κ1) is 22.5. The molecule has 2 heterocycles. The third kappa shape index (κ3) is 5.29. The van der Waals surface area contributed by atoms with Gasteiger partial charge in [0, 0.05) is 31.7 Å². The van der Waals surface area contributed by atoms with Crippen LogP contribution in [0.4, 0.5) is 4.79 Å². The molecule has 1 N–H and O–H groups in total. The Morgan fingerprint density at radius 3 is 2.60 bits per heavy atom. The number of hydrogen-bond acceptors (Lipinski definition) is 4. The van der Waals surface area contributed by atoms with Crippen LogP contribution < -0.4 is 0 Å². The topological polar surface area (TPSA) is 80.5 Å². The van der Waals surface area contributed by atoms with E-state index in [0.29, 0.717) is 19.5 Å². The van der Waals surface area contributed by atoms with Crippen molar-refractivity contribution >= 4 is 14.4 Å². The lowest BCUT2D eigenvalue weighted by Crippen LogP contribution is -2.52. The molecule has 164 valence electrons. The Bertz CT molecular complexity index is 848. The van der Waals surface area contributed by atoms with Gasteiger partial charge >= 0.3 is 6.09 Å². The number of piperidine rings is 1. The van der Waals surface area contributed by atoms with Crippen molar-refractivity contribution in [2.45, 2.75) is 70.3 Å². The van der Waals surface area contributed by atoms with Gasteiger partial charge in [0.2, 0.25) is 0 Å². The number of carboxylic acid groups (broad SMARTS) is 1. The van der Waals surface area contributed by atoms with Gasteiger partial charge in [-0.3, -0.25) is 4.68 Å². The number of benzene rings is 1.